The van der Waals surface area contributed by atoms with Gasteiger partial charge in [-0.2, -0.15) is 4.80 Å². The smallest absolute Gasteiger partial charge is 0.262 e. The molecular formula is C25H26N4O2. The van der Waals surface area contributed by atoms with Gasteiger partial charge >= 0.3 is 0 Å². The molecule has 1 amide bonds. The lowest BCUT2D eigenvalue weighted by Gasteiger charge is -2.09. The van der Waals surface area contributed by atoms with Crippen LogP contribution in [0.3, 0.4) is 0 Å². The number of anilines is 1. The van der Waals surface area contributed by atoms with E-state index in [2.05, 4.69) is 48.4 Å². The first kappa shape index (κ1) is 20.6. The molecular weight excluding hydrogens is 388 g/mol. The van der Waals surface area contributed by atoms with Crippen molar-refractivity contribution in [3.63, 3.8) is 0 Å². The quantitative estimate of drug-likeness (QED) is 0.455. The molecule has 0 aliphatic rings. The number of hydrogen-bond acceptors (Lipinski definition) is 4. The molecule has 0 fully saturated rings. The van der Waals surface area contributed by atoms with E-state index in [1.165, 1.54) is 11.1 Å². The molecule has 4 aromatic rings. The fraction of sp³-hybridized carbons (Fsp3) is 0.240. The van der Waals surface area contributed by atoms with Crippen LogP contribution < -0.4 is 10.1 Å². The molecule has 6 nitrogen and oxygen atoms in total. The zero-order valence-corrected chi connectivity index (χ0v) is 18.0. The molecule has 0 atom stereocenters. The van der Waals surface area contributed by atoms with Crippen molar-refractivity contribution < 1.29 is 9.53 Å². The third kappa shape index (κ3) is 4.91. The molecule has 0 aliphatic heterocycles. The highest BCUT2D eigenvalue weighted by Crippen LogP contribution is 2.20. The number of carbonyl (C=O) groups excluding carboxylic acids is 1. The highest BCUT2D eigenvalue weighted by atomic mass is 16.5. The molecule has 0 saturated carbocycles. The maximum absolute atomic E-state index is 12.3. The summed E-state index contributed by atoms with van der Waals surface area (Å²) in [6, 6.07) is 21.5. The Morgan fingerprint density at radius 2 is 1.68 bits per heavy atom. The van der Waals surface area contributed by atoms with Gasteiger partial charge in [0, 0.05) is 5.69 Å². The Kier molecular flexibility index (Phi) is 5.98. The minimum absolute atomic E-state index is 0.0600. The van der Waals surface area contributed by atoms with Gasteiger partial charge in [-0.15, -0.1) is 10.2 Å². The van der Waals surface area contributed by atoms with Crippen LogP contribution in [0, 0.1) is 0 Å². The second-order valence-electron chi connectivity index (χ2n) is 7.77. The first-order valence-corrected chi connectivity index (χ1v) is 10.5. The number of benzene rings is 3. The molecule has 6 heteroatoms. The summed E-state index contributed by atoms with van der Waals surface area (Å²) in [6.45, 7) is 6.34. The van der Waals surface area contributed by atoms with Gasteiger partial charge in [-0.25, -0.2) is 0 Å². The van der Waals surface area contributed by atoms with Crippen molar-refractivity contribution in [1.29, 1.82) is 0 Å². The monoisotopic (exact) mass is 414 g/mol. The molecule has 158 valence electrons. The standard InChI is InChI=1S/C25H26N4O2/c1-4-18-5-10-21(11-6-18)29-27-23-14-9-20(15-24(23)28-29)26-25(30)16-31-22-12-7-19(8-13-22)17(2)3/h5-15,17H,4,16H2,1-3H3,(H,26,30). The van der Waals surface area contributed by atoms with E-state index >= 15 is 0 Å². The maximum atomic E-state index is 12.3. The van der Waals surface area contributed by atoms with Gasteiger partial charge in [-0.05, 0) is 65.9 Å². The summed E-state index contributed by atoms with van der Waals surface area (Å²) in [5.41, 5.74) is 5.53. The van der Waals surface area contributed by atoms with Crippen LogP contribution in [0.2, 0.25) is 0 Å². The van der Waals surface area contributed by atoms with Crippen LogP contribution in [0.1, 0.15) is 37.8 Å². The summed E-state index contributed by atoms with van der Waals surface area (Å²) in [4.78, 5) is 13.9. The lowest BCUT2D eigenvalue weighted by atomic mass is 10.0. The second-order valence-corrected chi connectivity index (χ2v) is 7.77. The Balaban J connectivity index is 1.40. The van der Waals surface area contributed by atoms with Crippen LogP contribution >= 0.6 is 0 Å². The largest absolute Gasteiger partial charge is 0.484 e. The summed E-state index contributed by atoms with van der Waals surface area (Å²) in [6.07, 6.45) is 0.991. The molecule has 0 spiro atoms. The van der Waals surface area contributed by atoms with Crippen molar-refractivity contribution in [2.45, 2.75) is 33.1 Å². The first-order chi connectivity index (χ1) is 15.0. The number of aromatic nitrogens is 3. The van der Waals surface area contributed by atoms with Gasteiger partial charge in [0.05, 0.1) is 5.69 Å². The average Bonchev–Trinajstić information content (AvgIpc) is 3.21. The van der Waals surface area contributed by atoms with E-state index in [1.54, 1.807) is 4.80 Å². The molecule has 0 saturated heterocycles. The third-order valence-corrected chi connectivity index (χ3v) is 5.16. The minimum Gasteiger partial charge on any atom is -0.484 e. The lowest BCUT2D eigenvalue weighted by molar-refractivity contribution is -0.118. The van der Waals surface area contributed by atoms with E-state index in [4.69, 9.17) is 4.74 Å². The van der Waals surface area contributed by atoms with E-state index in [9.17, 15) is 4.79 Å². The van der Waals surface area contributed by atoms with Crippen LogP contribution in [0.15, 0.2) is 66.7 Å². The van der Waals surface area contributed by atoms with Gasteiger partial charge in [-0.3, -0.25) is 4.79 Å². The van der Waals surface area contributed by atoms with E-state index in [0.29, 0.717) is 22.9 Å². The van der Waals surface area contributed by atoms with Gasteiger partial charge < -0.3 is 10.1 Å². The maximum Gasteiger partial charge on any atom is 0.262 e. The number of amides is 1. The van der Waals surface area contributed by atoms with Crippen LogP contribution in [0.25, 0.3) is 16.7 Å². The van der Waals surface area contributed by atoms with Crippen LogP contribution in [0.4, 0.5) is 5.69 Å². The van der Waals surface area contributed by atoms with Crippen molar-refractivity contribution in [2.75, 3.05) is 11.9 Å². The highest BCUT2D eigenvalue weighted by Gasteiger charge is 2.09. The topological polar surface area (TPSA) is 69.0 Å². The van der Waals surface area contributed by atoms with E-state index in [1.807, 2.05) is 54.6 Å². The summed E-state index contributed by atoms with van der Waals surface area (Å²) in [7, 11) is 0. The molecule has 0 aliphatic carbocycles. The Hall–Kier alpha value is -3.67. The van der Waals surface area contributed by atoms with E-state index in [0.717, 1.165) is 17.6 Å². The van der Waals surface area contributed by atoms with Crippen LogP contribution in [0.5, 0.6) is 5.75 Å². The number of carbonyl (C=O) groups is 1. The number of fused-ring (bicyclic) bond motifs is 1. The third-order valence-electron chi connectivity index (χ3n) is 5.16. The fourth-order valence-corrected chi connectivity index (χ4v) is 3.27. The summed E-state index contributed by atoms with van der Waals surface area (Å²) < 4.78 is 5.60. The van der Waals surface area contributed by atoms with Gasteiger partial charge in [-0.1, -0.05) is 45.0 Å². The molecule has 0 unspecified atom stereocenters. The molecule has 1 N–H and O–H groups in total. The number of nitrogens with zero attached hydrogens (tertiary/aromatic N) is 3. The Morgan fingerprint density at radius 1 is 0.968 bits per heavy atom. The van der Waals surface area contributed by atoms with Crippen molar-refractivity contribution >= 4 is 22.6 Å². The number of rotatable bonds is 7. The predicted molar refractivity (Wildman–Crippen MR) is 123 cm³/mol. The normalized spacial score (nSPS) is 11.1. The van der Waals surface area contributed by atoms with Crippen LogP contribution in [-0.4, -0.2) is 27.5 Å². The summed E-state index contributed by atoms with van der Waals surface area (Å²) in [5.74, 6) is 0.905. The number of nitrogens with one attached hydrogen (secondary N) is 1. The van der Waals surface area contributed by atoms with Gasteiger partial charge in [0.2, 0.25) is 0 Å². The molecule has 0 radical (unpaired) electrons. The average molecular weight is 415 g/mol. The van der Waals surface area contributed by atoms with Crippen LogP contribution in [-0.2, 0) is 11.2 Å². The molecule has 3 aromatic carbocycles. The summed E-state index contributed by atoms with van der Waals surface area (Å²) in [5, 5.41) is 11.9. The van der Waals surface area contributed by atoms with Gasteiger partial charge in [0.15, 0.2) is 6.61 Å². The van der Waals surface area contributed by atoms with Crippen molar-refractivity contribution in [2.24, 2.45) is 0 Å². The molecule has 1 aromatic heterocycles. The zero-order valence-electron chi connectivity index (χ0n) is 18.0. The van der Waals surface area contributed by atoms with E-state index in [-0.39, 0.29) is 12.5 Å². The fourth-order valence-electron chi connectivity index (χ4n) is 3.27. The second kappa shape index (κ2) is 9.00. The highest BCUT2D eigenvalue weighted by molar-refractivity contribution is 5.93. The Morgan fingerprint density at radius 3 is 2.35 bits per heavy atom. The van der Waals surface area contributed by atoms with E-state index < -0.39 is 0 Å². The van der Waals surface area contributed by atoms with Gasteiger partial charge in [0.25, 0.3) is 5.91 Å². The lowest BCUT2D eigenvalue weighted by Crippen LogP contribution is -2.20. The Bertz CT molecular complexity index is 1180. The van der Waals surface area contributed by atoms with Crippen molar-refractivity contribution in [1.82, 2.24) is 15.0 Å². The molecule has 0 bridgehead atoms. The van der Waals surface area contributed by atoms with Gasteiger partial charge in [0.1, 0.15) is 16.8 Å². The number of aryl methyl sites for hydroxylation is 1. The molecule has 4 rings (SSSR count). The zero-order chi connectivity index (χ0) is 21.8. The van der Waals surface area contributed by atoms with Crippen molar-refractivity contribution in [3.05, 3.63) is 77.9 Å². The predicted octanol–water partition coefficient (Wildman–Crippen LogP) is 5.12. The summed E-state index contributed by atoms with van der Waals surface area (Å²) >= 11 is 0. The Labute approximate surface area is 181 Å². The number of ether oxygens (including phenoxy) is 1. The SMILES string of the molecule is CCc1ccc(-n2nc3ccc(NC(=O)COc4ccc(C(C)C)cc4)cc3n2)cc1. The molecule has 31 heavy (non-hydrogen) atoms. The first-order valence-electron chi connectivity index (χ1n) is 10.5. The number of hydrogen-bond donors (Lipinski definition) is 1. The minimum atomic E-state index is -0.227. The molecule has 1 heterocycles. The van der Waals surface area contributed by atoms with Crippen molar-refractivity contribution in [3.8, 4) is 11.4 Å².